The summed E-state index contributed by atoms with van der Waals surface area (Å²) in [5, 5.41) is 8.95. The van der Waals surface area contributed by atoms with Crippen molar-refractivity contribution >= 4 is 5.97 Å². The first kappa shape index (κ1) is 11.4. The van der Waals surface area contributed by atoms with E-state index in [1.807, 2.05) is 0 Å². The smallest absolute Gasteiger partial charge is 0.323 e. The van der Waals surface area contributed by atoms with Crippen LogP contribution in [0.25, 0.3) is 0 Å². The van der Waals surface area contributed by atoms with Gasteiger partial charge in [-0.1, -0.05) is 0 Å². The largest absolute Gasteiger partial charge is 0.480 e. The fraction of sp³-hybridized carbons (Fsp3) is 0.875. The monoisotopic (exact) mass is 174 g/mol. The maximum Gasteiger partial charge on any atom is 0.323 e. The van der Waals surface area contributed by atoms with E-state index in [0.717, 1.165) is 6.42 Å². The summed E-state index contributed by atoms with van der Waals surface area (Å²) >= 11 is 0. The Morgan fingerprint density at radius 3 is 2.33 bits per heavy atom. The van der Waals surface area contributed by atoms with E-state index in [-0.39, 0.29) is 0 Å². The predicted molar refractivity (Wildman–Crippen MR) is 48.0 cm³/mol. The van der Waals surface area contributed by atoms with E-state index in [1.165, 1.54) is 0 Å². The van der Waals surface area contributed by atoms with Crippen LogP contribution >= 0.6 is 0 Å². The molecule has 0 saturated carbocycles. The summed E-state index contributed by atoms with van der Waals surface area (Å²) < 4.78 is 0. The predicted octanol–water partition coefficient (Wildman–Crippen LogP) is 0.130. The number of likely N-dealkylation sites (N-methyl/N-ethyl adjacent to an activating group) is 1. The first-order valence-electron chi connectivity index (χ1n) is 4.06. The Morgan fingerprint density at radius 2 is 2.08 bits per heavy atom. The van der Waals surface area contributed by atoms with Gasteiger partial charge in [0.05, 0.1) is 0 Å². The molecule has 0 heterocycles. The van der Waals surface area contributed by atoms with E-state index in [1.54, 1.807) is 25.9 Å². The van der Waals surface area contributed by atoms with Crippen LogP contribution in [0.5, 0.6) is 0 Å². The lowest BCUT2D eigenvalue weighted by molar-refractivity contribution is -0.149. The SMILES string of the molecule is CN(C)[C@@](C)(CCCN)C(=O)O. The Bertz CT molecular complexity index is 159. The third kappa shape index (κ3) is 2.46. The molecule has 0 fully saturated rings. The van der Waals surface area contributed by atoms with Gasteiger partial charge in [-0.3, -0.25) is 9.69 Å². The molecule has 0 aliphatic rings. The zero-order chi connectivity index (χ0) is 9.78. The highest BCUT2D eigenvalue weighted by Gasteiger charge is 2.34. The minimum absolute atomic E-state index is 0.538. The highest BCUT2D eigenvalue weighted by atomic mass is 16.4. The molecular formula is C8H18N2O2. The van der Waals surface area contributed by atoms with Crippen molar-refractivity contribution in [3.8, 4) is 0 Å². The molecule has 0 aromatic heterocycles. The van der Waals surface area contributed by atoms with E-state index in [0.29, 0.717) is 13.0 Å². The number of carbonyl (C=O) groups is 1. The third-order valence-electron chi connectivity index (χ3n) is 2.32. The van der Waals surface area contributed by atoms with Crippen LogP contribution in [0.2, 0.25) is 0 Å². The molecule has 0 aromatic rings. The normalized spacial score (nSPS) is 16.1. The zero-order valence-electron chi connectivity index (χ0n) is 8.00. The van der Waals surface area contributed by atoms with Gasteiger partial charge in [0.15, 0.2) is 0 Å². The molecular weight excluding hydrogens is 156 g/mol. The summed E-state index contributed by atoms with van der Waals surface area (Å²) in [4.78, 5) is 12.6. The average molecular weight is 174 g/mol. The molecule has 0 amide bonds. The summed E-state index contributed by atoms with van der Waals surface area (Å²) in [5.41, 5.74) is 4.55. The van der Waals surface area contributed by atoms with Crippen molar-refractivity contribution in [2.24, 2.45) is 5.73 Å². The van der Waals surface area contributed by atoms with Crippen LogP contribution in [0.15, 0.2) is 0 Å². The van der Waals surface area contributed by atoms with Gasteiger partial charge < -0.3 is 10.8 Å². The second-order valence-corrected chi connectivity index (χ2v) is 3.37. The van der Waals surface area contributed by atoms with Crippen LogP contribution in [0, 0.1) is 0 Å². The number of aliphatic carboxylic acids is 1. The Labute approximate surface area is 73.3 Å². The summed E-state index contributed by atoms with van der Waals surface area (Å²) in [7, 11) is 3.54. The molecule has 0 radical (unpaired) electrons. The molecule has 0 saturated heterocycles. The van der Waals surface area contributed by atoms with Crippen LogP contribution in [-0.2, 0) is 4.79 Å². The van der Waals surface area contributed by atoms with E-state index in [2.05, 4.69) is 0 Å². The summed E-state index contributed by atoms with van der Waals surface area (Å²) in [5.74, 6) is -0.791. The summed E-state index contributed by atoms with van der Waals surface area (Å²) in [6.07, 6.45) is 1.33. The highest BCUT2D eigenvalue weighted by molar-refractivity contribution is 5.78. The van der Waals surface area contributed by atoms with E-state index in [4.69, 9.17) is 10.8 Å². The summed E-state index contributed by atoms with van der Waals surface area (Å²) in [6, 6.07) is 0. The van der Waals surface area contributed by atoms with E-state index in [9.17, 15) is 4.79 Å². The Morgan fingerprint density at radius 1 is 1.58 bits per heavy atom. The second kappa shape index (κ2) is 4.42. The molecule has 0 aliphatic carbocycles. The van der Waals surface area contributed by atoms with Crippen molar-refractivity contribution in [3.63, 3.8) is 0 Å². The van der Waals surface area contributed by atoms with Crippen LogP contribution in [0.3, 0.4) is 0 Å². The Kier molecular flexibility index (Phi) is 4.20. The molecule has 0 aliphatic heterocycles. The van der Waals surface area contributed by atoms with Gasteiger partial charge in [-0.2, -0.15) is 0 Å². The lowest BCUT2D eigenvalue weighted by Gasteiger charge is -2.31. The van der Waals surface area contributed by atoms with Crippen LogP contribution in [0.4, 0.5) is 0 Å². The van der Waals surface area contributed by atoms with Gasteiger partial charge in [0.2, 0.25) is 0 Å². The number of hydrogen-bond acceptors (Lipinski definition) is 3. The fourth-order valence-electron chi connectivity index (χ4n) is 0.968. The highest BCUT2D eigenvalue weighted by Crippen LogP contribution is 2.18. The topological polar surface area (TPSA) is 66.6 Å². The van der Waals surface area contributed by atoms with Crippen LogP contribution < -0.4 is 5.73 Å². The van der Waals surface area contributed by atoms with Crippen molar-refractivity contribution in [2.75, 3.05) is 20.6 Å². The van der Waals surface area contributed by atoms with Gasteiger partial charge in [0.1, 0.15) is 5.54 Å². The first-order valence-corrected chi connectivity index (χ1v) is 4.06. The molecule has 0 bridgehead atoms. The Hall–Kier alpha value is -0.610. The fourth-order valence-corrected chi connectivity index (χ4v) is 0.968. The zero-order valence-corrected chi connectivity index (χ0v) is 8.00. The molecule has 3 N–H and O–H groups in total. The van der Waals surface area contributed by atoms with Gasteiger partial charge in [0, 0.05) is 0 Å². The third-order valence-corrected chi connectivity index (χ3v) is 2.32. The quantitative estimate of drug-likeness (QED) is 0.621. The molecule has 0 unspecified atom stereocenters. The van der Waals surface area contributed by atoms with Gasteiger partial charge in [-0.15, -0.1) is 0 Å². The summed E-state index contributed by atoms with van der Waals surface area (Å²) in [6.45, 7) is 2.25. The van der Waals surface area contributed by atoms with Crippen LogP contribution in [-0.4, -0.2) is 42.2 Å². The number of hydrogen-bond donors (Lipinski definition) is 2. The van der Waals surface area contributed by atoms with Gasteiger partial charge in [-0.05, 0) is 40.4 Å². The van der Waals surface area contributed by atoms with E-state index >= 15 is 0 Å². The van der Waals surface area contributed by atoms with Gasteiger partial charge >= 0.3 is 5.97 Å². The maximum absolute atomic E-state index is 10.9. The number of nitrogens with zero attached hydrogens (tertiary/aromatic N) is 1. The van der Waals surface area contributed by atoms with Gasteiger partial charge in [0.25, 0.3) is 0 Å². The Balaban J connectivity index is 4.29. The van der Waals surface area contributed by atoms with Crippen molar-refractivity contribution in [1.29, 1.82) is 0 Å². The molecule has 0 spiro atoms. The molecule has 4 nitrogen and oxygen atoms in total. The minimum atomic E-state index is -0.791. The van der Waals surface area contributed by atoms with E-state index < -0.39 is 11.5 Å². The van der Waals surface area contributed by atoms with Crippen molar-refractivity contribution in [2.45, 2.75) is 25.3 Å². The second-order valence-electron chi connectivity index (χ2n) is 3.37. The van der Waals surface area contributed by atoms with Crippen molar-refractivity contribution in [3.05, 3.63) is 0 Å². The molecule has 0 aromatic carbocycles. The molecule has 0 rings (SSSR count). The van der Waals surface area contributed by atoms with Gasteiger partial charge in [-0.25, -0.2) is 0 Å². The lowest BCUT2D eigenvalue weighted by atomic mass is 9.95. The molecule has 12 heavy (non-hydrogen) atoms. The number of carboxylic acid groups (broad SMARTS) is 1. The molecule has 72 valence electrons. The standard InChI is InChI=1S/C8H18N2O2/c1-8(7(11)12,10(2)3)5-4-6-9/h4-6,9H2,1-3H3,(H,11,12)/t8-/m0/s1. The number of nitrogens with two attached hydrogens (primary N) is 1. The number of rotatable bonds is 5. The first-order chi connectivity index (χ1) is 5.45. The average Bonchev–Trinajstić information content (AvgIpc) is 1.99. The molecule has 4 heteroatoms. The lowest BCUT2D eigenvalue weighted by Crippen LogP contribution is -2.48. The molecule has 1 atom stereocenters. The van der Waals surface area contributed by atoms with Crippen molar-refractivity contribution in [1.82, 2.24) is 4.90 Å². The van der Waals surface area contributed by atoms with Crippen molar-refractivity contribution < 1.29 is 9.90 Å². The maximum atomic E-state index is 10.9. The number of carboxylic acids is 1. The van der Waals surface area contributed by atoms with Crippen LogP contribution in [0.1, 0.15) is 19.8 Å². The minimum Gasteiger partial charge on any atom is -0.480 e.